The molecule has 0 bridgehead atoms. The summed E-state index contributed by atoms with van der Waals surface area (Å²) in [6, 6.07) is 9.19. The number of nitrogens with zero attached hydrogens (tertiary/aromatic N) is 1. The SMILES string of the molecule is COc1ccc(OC)c(NC(=O)C(C)OC(=O)CCCNc2nc(-c3ccc(C)s3)cs2)c1. The van der Waals surface area contributed by atoms with Crippen molar-refractivity contribution >= 4 is 45.4 Å². The van der Waals surface area contributed by atoms with Crippen LogP contribution in [0.1, 0.15) is 24.6 Å². The Morgan fingerprint density at radius 3 is 2.67 bits per heavy atom. The maximum atomic E-state index is 12.4. The molecule has 2 N–H and O–H groups in total. The predicted molar refractivity (Wildman–Crippen MR) is 132 cm³/mol. The highest BCUT2D eigenvalue weighted by Crippen LogP contribution is 2.31. The number of benzene rings is 1. The first-order valence-electron chi connectivity index (χ1n) is 10.4. The Morgan fingerprint density at radius 2 is 1.97 bits per heavy atom. The number of hydrogen-bond donors (Lipinski definition) is 2. The van der Waals surface area contributed by atoms with Gasteiger partial charge in [-0.2, -0.15) is 0 Å². The van der Waals surface area contributed by atoms with E-state index in [1.54, 1.807) is 29.5 Å². The van der Waals surface area contributed by atoms with Gasteiger partial charge in [0.25, 0.3) is 5.91 Å². The van der Waals surface area contributed by atoms with Crippen molar-refractivity contribution in [3.05, 3.63) is 40.6 Å². The first-order valence-corrected chi connectivity index (χ1v) is 12.1. The summed E-state index contributed by atoms with van der Waals surface area (Å²) in [6.07, 6.45) is -0.198. The van der Waals surface area contributed by atoms with Gasteiger partial charge in [0, 0.05) is 29.3 Å². The molecule has 0 radical (unpaired) electrons. The second-order valence-electron chi connectivity index (χ2n) is 7.17. The molecule has 10 heteroatoms. The van der Waals surface area contributed by atoms with E-state index in [2.05, 4.69) is 34.7 Å². The Bertz CT molecular complexity index is 1100. The van der Waals surface area contributed by atoms with Gasteiger partial charge < -0.3 is 24.8 Å². The highest BCUT2D eigenvalue weighted by molar-refractivity contribution is 7.16. The van der Waals surface area contributed by atoms with Crippen LogP contribution in [-0.4, -0.2) is 43.7 Å². The molecular formula is C23H27N3O5S2. The fraction of sp³-hybridized carbons (Fsp3) is 0.348. The number of rotatable bonds is 11. The van der Waals surface area contributed by atoms with Crippen molar-refractivity contribution in [3.63, 3.8) is 0 Å². The van der Waals surface area contributed by atoms with Crippen LogP contribution in [0, 0.1) is 6.92 Å². The zero-order chi connectivity index (χ0) is 23.8. The van der Waals surface area contributed by atoms with Crippen molar-refractivity contribution in [1.82, 2.24) is 4.98 Å². The third-order valence-corrected chi connectivity index (χ3v) is 6.50. The van der Waals surface area contributed by atoms with Crippen LogP contribution in [0.3, 0.4) is 0 Å². The molecular weight excluding hydrogens is 462 g/mol. The molecule has 176 valence electrons. The largest absolute Gasteiger partial charge is 0.497 e. The molecule has 1 unspecified atom stereocenters. The number of amides is 1. The summed E-state index contributed by atoms with van der Waals surface area (Å²) in [4.78, 5) is 31.6. The average molecular weight is 490 g/mol. The average Bonchev–Trinajstić information content (AvgIpc) is 3.45. The van der Waals surface area contributed by atoms with Crippen LogP contribution in [0.25, 0.3) is 10.6 Å². The van der Waals surface area contributed by atoms with E-state index in [0.29, 0.717) is 30.2 Å². The molecule has 1 aromatic carbocycles. The Balaban J connectivity index is 1.41. The molecule has 1 atom stereocenters. The molecule has 0 aliphatic carbocycles. The van der Waals surface area contributed by atoms with Crippen molar-refractivity contribution in [3.8, 4) is 22.1 Å². The van der Waals surface area contributed by atoms with E-state index >= 15 is 0 Å². The number of anilines is 2. The number of esters is 1. The Hall–Kier alpha value is -3.11. The van der Waals surface area contributed by atoms with Gasteiger partial charge in [0.15, 0.2) is 11.2 Å². The van der Waals surface area contributed by atoms with Crippen molar-refractivity contribution in [2.45, 2.75) is 32.8 Å². The van der Waals surface area contributed by atoms with E-state index in [1.165, 1.54) is 37.4 Å². The third kappa shape index (κ3) is 6.93. The number of thiazole rings is 1. The second kappa shape index (κ2) is 11.7. The number of carbonyl (C=O) groups excluding carboxylic acids is 2. The minimum atomic E-state index is -0.947. The lowest BCUT2D eigenvalue weighted by atomic mass is 10.2. The van der Waals surface area contributed by atoms with E-state index in [0.717, 1.165) is 15.7 Å². The normalized spacial score (nSPS) is 11.5. The number of aryl methyl sites for hydroxylation is 1. The van der Waals surface area contributed by atoms with E-state index in [-0.39, 0.29) is 6.42 Å². The van der Waals surface area contributed by atoms with E-state index in [1.807, 2.05) is 5.38 Å². The molecule has 0 spiro atoms. The zero-order valence-corrected chi connectivity index (χ0v) is 20.6. The standard InChI is InChI=1S/C23H27N3O5S2/c1-14-7-10-20(33-14)18-13-32-23(26-18)24-11-5-6-21(27)31-15(2)22(28)25-17-12-16(29-3)8-9-19(17)30-4/h7-10,12-13,15H,5-6,11H2,1-4H3,(H,24,26)(H,25,28). The fourth-order valence-corrected chi connectivity index (χ4v) is 4.57. The highest BCUT2D eigenvalue weighted by Gasteiger charge is 2.19. The topological polar surface area (TPSA) is 98.8 Å². The summed E-state index contributed by atoms with van der Waals surface area (Å²) >= 11 is 3.24. The summed E-state index contributed by atoms with van der Waals surface area (Å²) < 4.78 is 15.7. The van der Waals surface area contributed by atoms with Gasteiger partial charge in [0.2, 0.25) is 0 Å². The minimum Gasteiger partial charge on any atom is -0.497 e. The number of thiophene rings is 1. The van der Waals surface area contributed by atoms with Gasteiger partial charge in [-0.05, 0) is 44.5 Å². The van der Waals surface area contributed by atoms with Crippen LogP contribution < -0.4 is 20.1 Å². The van der Waals surface area contributed by atoms with E-state index < -0.39 is 18.0 Å². The summed E-state index contributed by atoms with van der Waals surface area (Å²) in [5, 5.41) is 8.76. The lowest BCUT2D eigenvalue weighted by molar-refractivity contribution is -0.153. The monoisotopic (exact) mass is 489 g/mol. The second-order valence-corrected chi connectivity index (χ2v) is 9.31. The fourth-order valence-electron chi connectivity index (χ4n) is 2.92. The predicted octanol–water partition coefficient (Wildman–Crippen LogP) is 4.96. The van der Waals surface area contributed by atoms with Gasteiger partial charge >= 0.3 is 5.97 Å². The number of ether oxygens (including phenoxy) is 3. The number of carbonyl (C=O) groups is 2. The van der Waals surface area contributed by atoms with Gasteiger partial charge in [-0.3, -0.25) is 9.59 Å². The maximum Gasteiger partial charge on any atom is 0.306 e. The van der Waals surface area contributed by atoms with Gasteiger partial charge in [0.1, 0.15) is 11.5 Å². The highest BCUT2D eigenvalue weighted by atomic mass is 32.1. The van der Waals surface area contributed by atoms with Crippen LogP contribution in [0.5, 0.6) is 11.5 Å². The van der Waals surface area contributed by atoms with Crippen molar-refractivity contribution in [2.24, 2.45) is 0 Å². The van der Waals surface area contributed by atoms with Crippen molar-refractivity contribution in [2.75, 3.05) is 31.4 Å². The summed E-state index contributed by atoms with van der Waals surface area (Å²) in [5.41, 5.74) is 1.39. The molecule has 0 fully saturated rings. The summed E-state index contributed by atoms with van der Waals surface area (Å²) in [6.45, 7) is 4.17. The zero-order valence-electron chi connectivity index (χ0n) is 19.0. The first kappa shape index (κ1) is 24.5. The van der Waals surface area contributed by atoms with Gasteiger partial charge in [-0.25, -0.2) is 4.98 Å². The van der Waals surface area contributed by atoms with Crippen molar-refractivity contribution in [1.29, 1.82) is 0 Å². The molecule has 33 heavy (non-hydrogen) atoms. The Morgan fingerprint density at radius 1 is 1.15 bits per heavy atom. The van der Waals surface area contributed by atoms with E-state index in [9.17, 15) is 9.59 Å². The van der Waals surface area contributed by atoms with Gasteiger partial charge in [0.05, 0.1) is 30.5 Å². The minimum absolute atomic E-state index is 0.190. The molecule has 3 aromatic rings. The van der Waals surface area contributed by atoms with E-state index in [4.69, 9.17) is 14.2 Å². The molecule has 0 aliphatic rings. The van der Waals surface area contributed by atoms with Gasteiger partial charge in [-0.1, -0.05) is 0 Å². The third-order valence-electron chi connectivity index (χ3n) is 4.67. The molecule has 2 aromatic heterocycles. The number of methoxy groups -OCH3 is 2. The van der Waals surface area contributed by atoms with Crippen LogP contribution in [0.15, 0.2) is 35.7 Å². The molecule has 2 heterocycles. The number of nitrogens with one attached hydrogen (secondary N) is 2. The smallest absolute Gasteiger partial charge is 0.306 e. The maximum absolute atomic E-state index is 12.4. The Labute approximate surface area is 200 Å². The number of aromatic nitrogens is 1. The summed E-state index contributed by atoms with van der Waals surface area (Å²) in [5.74, 6) is 0.160. The molecule has 0 saturated heterocycles. The van der Waals surface area contributed by atoms with Crippen molar-refractivity contribution < 1.29 is 23.8 Å². The molecule has 8 nitrogen and oxygen atoms in total. The first-order chi connectivity index (χ1) is 15.9. The Kier molecular flexibility index (Phi) is 8.67. The van der Waals surface area contributed by atoms with Crippen LogP contribution >= 0.6 is 22.7 Å². The lowest BCUT2D eigenvalue weighted by Crippen LogP contribution is -2.30. The quantitative estimate of drug-likeness (QED) is 0.290. The molecule has 3 rings (SSSR count). The van der Waals surface area contributed by atoms with Crippen LogP contribution in [0.2, 0.25) is 0 Å². The summed E-state index contributed by atoms with van der Waals surface area (Å²) in [7, 11) is 3.04. The molecule has 0 saturated carbocycles. The molecule has 0 aliphatic heterocycles. The number of hydrogen-bond acceptors (Lipinski definition) is 9. The van der Waals surface area contributed by atoms with Gasteiger partial charge in [-0.15, -0.1) is 22.7 Å². The molecule has 1 amide bonds. The van der Waals surface area contributed by atoms with Crippen LogP contribution in [0.4, 0.5) is 10.8 Å². The van der Waals surface area contributed by atoms with Crippen LogP contribution in [-0.2, 0) is 14.3 Å². The lowest BCUT2D eigenvalue weighted by Gasteiger charge is -2.16.